The average Bonchev–Trinajstić information content (AvgIpc) is 2.04. The first-order valence-corrected chi connectivity index (χ1v) is 5.18. The van der Waals surface area contributed by atoms with E-state index in [1.165, 1.54) is 6.42 Å². The second-order valence-corrected chi connectivity index (χ2v) is 3.97. The summed E-state index contributed by atoms with van der Waals surface area (Å²) in [6.07, 6.45) is 4.02. The van der Waals surface area contributed by atoms with Crippen molar-refractivity contribution < 1.29 is 4.79 Å². The van der Waals surface area contributed by atoms with E-state index in [0.717, 1.165) is 12.8 Å². The third kappa shape index (κ3) is 2.44. The Bertz CT molecular complexity index is 172. The van der Waals surface area contributed by atoms with Crippen LogP contribution in [0.2, 0.25) is 0 Å². The molecule has 1 aliphatic rings. The van der Waals surface area contributed by atoms with Crippen molar-refractivity contribution in [2.45, 2.75) is 51.6 Å². The number of piperidine rings is 1. The number of carbonyl (C=O) groups excluding carboxylic acids is 1. The highest BCUT2D eigenvalue weighted by Crippen LogP contribution is 2.22. The fraction of sp³-hybridized carbons (Fsp3) is 0.900. The molecular weight excluding hydrogens is 164 g/mol. The summed E-state index contributed by atoms with van der Waals surface area (Å²) in [7, 11) is 0. The van der Waals surface area contributed by atoms with Gasteiger partial charge in [-0.25, -0.2) is 0 Å². The maximum Gasteiger partial charge on any atom is 0.224 e. The normalized spacial score (nSPS) is 29.0. The van der Waals surface area contributed by atoms with Crippen LogP contribution in [-0.4, -0.2) is 29.4 Å². The van der Waals surface area contributed by atoms with Crippen LogP contribution in [0.4, 0.5) is 0 Å². The molecule has 3 nitrogen and oxygen atoms in total. The topological polar surface area (TPSA) is 46.3 Å². The lowest BCUT2D eigenvalue weighted by Crippen LogP contribution is -2.47. The lowest BCUT2D eigenvalue weighted by molar-refractivity contribution is -0.137. The van der Waals surface area contributed by atoms with E-state index >= 15 is 0 Å². The molecular formula is C10H20N2O. The molecule has 76 valence electrons. The van der Waals surface area contributed by atoms with Gasteiger partial charge in [0.15, 0.2) is 0 Å². The predicted molar refractivity (Wildman–Crippen MR) is 53.3 cm³/mol. The summed E-state index contributed by atoms with van der Waals surface area (Å²) in [5, 5.41) is 0. The van der Waals surface area contributed by atoms with Crippen molar-refractivity contribution >= 4 is 5.91 Å². The molecule has 2 atom stereocenters. The van der Waals surface area contributed by atoms with Gasteiger partial charge >= 0.3 is 0 Å². The van der Waals surface area contributed by atoms with Crippen LogP contribution in [0.15, 0.2) is 0 Å². The molecule has 0 saturated carbocycles. The summed E-state index contributed by atoms with van der Waals surface area (Å²) < 4.78 is 0. The van der Waals surface area contributed by atoms with E-state index in [0.29, 0.717) is 25.0 Å². The van der Waals surface area contributed by atoms with Gasteiger partial charge in [-0.3, -0.25) is 4.79 Å². The SMILES string of the molecule is CC1CCCC(C)N1C(=O)CCN. The molecule has 1 rings (SSSR count). The van der Waals surface area contributed by atoms with Gasteiger partial charge in [0.1, 0.15) is 0 Å². The molecule has 1 fully saturated rings. The third-order valence-electron chi connectivity index (χ3n) is 2.84. The minimum atomic E-state index is 0.224. The van der Waals surface area contributed by atoms with Crippen LogP contribution in [0, 0.1) is 0 Å². The molecule has 2 N–H and O–H groups in total. The van der Waals surface area contributed by atoms with Crippen LogP contribution < -0.4 is 5.73 Å². The monoisotopic (exact) mass is 184 g/mol. The van der Waals surface area contributed by atoms with Gasteiger partial charge in [-0.05, 0) is 33.1 Å². The Morgan fingerprint density at radius 2 is 1.92 bits per heavy atom. The highest BCUT2D eigenvalue weighted by Gasteiger charge is 2.27. The van der Waals surface area contributed by atoms with Gasteiger partial charge in [0.2, 0.25) is 5.91 Å². The zero-order chi connectivity index (χ0) is 9.84. The molecule has 1 heterocycles. The van der Waals surface area contributed by atoms with Crippen molar-refractivity contribution in [1.82, 2.24) is 4.90 Å². The Morgan fingerprint density at radius 1 is 1.38 bits per heavy atom. The van der Waals surface area contributed by atoms with E-state index in [9.17, 15) is 4.79 Å². The molecule has 1 amide bonds. The van der Waals surface area contributed by atoms with Crippen molar-refractivity contribution in [3.63, 3.8) is 0 Å². The quantitative estimate of drug-likeness (QED) is 0.699. The minimum absolute atomic E-state index is 0.224. The van der Waals surface area contributed by atoms with Crippen molar-refractivity contribution in [3.8, 4) is 0 Å². The van der Waals surface area contributed by atoms with Gasteiger partial charge in [-0.1, -0.05) is 0 Å². The molecule has 13 heavy (non-hydrogen) atoms. The van der Waals surface area contributed by atoms with E-state index in [1.807, 2.05) is 4.90 Å². The van der Waals surface area contributed by atoms with Gasteiger partial charge in [0.25, 0.3) is 0 Å². The number of carbonyl (C=O) groups is 1. The van der Waals surface area contributed by atoms with Crippen molar-refractivity contribution in [1.29, 1.82) is 0 Å². The fourth-order valence-corrected chi connectivity index (χ4v) is 2.17. The molecule has 2 unspecified atom stereocenters. The van der Waals surface area contributed by atoms with Gasteiger partial charge < -0.3 is 10.6 Å². The smallest absolute Gasteiger partial charge is 0.224 e. The van der Waals surface area contributed by atoms with Crippen molar-refractivity contribution in [2.75, 3.05) is 6.54 Å². The highest BCUT2D eigenvalue weighted by atomic mass is 16.2. The molecule has 0 aromatic rings. The Labute approximate surface area is 80.3 Å². The van der Waals surface area contributed by atoms with Crippen LogP contribution in [-0.2, 0) is 4.79 Å². The first-order chi connectivity index (χ1) is 6.16. The number of hydrogen-bond donors (Lipinski definition) is 1. The molecule has 0 aliphatic carbocycles. The van der Waals surface area contributed by atoms with E-state index in [2.05, 4.69) is 13.8 Å². The van der Waals surface area contributed by atoms with Crippen molar-refractivity contribution in [2.24, 2.45) is 5.73 Å². The van der Waals surface area contributed by atoms with E-state index in [-0.39, 0.29) is 5.91 Å². The van der Waals surface area contributed by atoms with Gasteiger partial charge in [0, 0.05) is 25.0 Å². The second-order valence-electron chi connectivity index (χ2n) is 3.97. The molecule has 0 aromatic carbocycles. The van der Waals surface area contributed by atoms with Crippen molar-refractivity contribution in [3.05, 3.63) is 0 Å². The Balaban J connectivity index is 2.57. The molecule has 0 radical (unpaired) electrons. The third-order valence-corrected chi connectivity index (χ3v) is 2.84. The summed E-state index contributed by atoms with van der Waals surface area (Å²) in [6, 6.07) is 0.811. The van der Waals surface area contributed by atoms with Gasteiger partial charge in [-0.2, -0.15) is 0 Å². The standard InChI is InChI=1S/C10H20N2O/c1-8-4-3-5-9(2)12(8)10(13)6-7-11/h8-9H,3-7,11H2,1-2H3. The van der Waals surface area contributed by atoms with Crippen LogP contribution >= 0.6 is 0 Å². The number of nitrogens with two attached hydrogens (primary N) is 1. The first-order valence-electron chi connectivity index (χ1n) is 5.18. The van der Waals surface area contributed by atoms with E-state index in [4.69, 9.17) is 5.73 Å². The summed E-state index contributed by atoms with van der Waals surface area (Å²) in [6.45, 7) is 4.73. The first kappa shape index (κ1) is 10.5. The maximum absolute atomic E-state index is 11.7. The Kier molecular flexibility index (Phi) is 3.72. The molecule has 1 saturated heterocycles. The van der Waals surface area contributed by atoms with Gasteiger partial charge in [0.05, 0.1) is 0 Å². The average molecular weight is 184 g/mol. The molecule has 1 aliphatic heterocycles. The number of likely N-dealkylation sites (tertiary alicyclic amines) is 1. The minimum Gasteiger partial charge on any atom is -0.337 e. The second kappa shape index (κ2) is 4.61. The molecule has 0 spiro atoms. The lowest BCUT2D eigenvalue weighted by atomic mass is 9.97. The fourth-order valence-electron chi connectivity index (χ4n) is 2.17. The van der Waals surface area contributed by atoms with Crippen LogP contribution in [0.25, 0.3) is 0 Å². The van der Waals surface area contributed by atoms with E-state index < -0.39 is 0 Å². The largest absolute Gasteiger partial charge is 0.337 e. The lowest BCUT2D eigenvalue weighted by Gasteiger charge is -2.39. The molecule has 0 bridgehead atoms. The molecule has 0 aromatic heterocycles. The number of nitrogens with zero attached hydrogens (tertiary/aromatic N) is 1. The number of rotatable bonds is 2. The summed E-state index contributed by atoms with van der Waals surface area (Å²) in [5.41, 5.74) is 5.38. The van der Waals surface area contributed by atoms with Crippen LogP contribution in [0.1, 0.15) is 39.5 Å². The Hall–Kier alpha value is -0.570. The number of hydrogen-bond acceptors (Lipinski definition) is 2. The van der Waals surface area contributed by atoms with Crippen LogP contribution in [0.5, 0.6) is 0 Å². The molecule has 3 heteroatoms. The maximum atomic E-state index is 11.7. The van der Waals surface area contributed by atoms with Gasteiger partial charge in [-0.15, -0.1) is 0 Å². The van der Waals surface area contributed by atoms with E-state index in [1.54, 1.807) is 0 Å². The number of amides is 1. The zero-order valence-electron chi connectivity index (χ0n) is 8.62. The Morgan fingerprint density at radius 3 is 2.38 bits per heavy atom. The summed E-state index contributed by atoms with van der Waals surface area (Å²) >= 11 is 0. The summed E-state index contributed by atoms with van der Waals surface area (Å²) in [5.74, 6) is 0.224. The summed E-state index contributed by atoms with van der Waals surface area (Å²) in [4.78, 5) is 13.7. The predicted octanol–water partition coefficient (Wildman–Crippen LogP) is 1.12. The zero-order valence-corrected chi connectivity index (χ0v) is 8.62. The van der Waals surface area contributed by atoms with Crippen LogP contribution in [0.3, 0.4) is 0 Å². The highest BCUT2D eigenvalue weighted by molar-refractivity contribution is 5.77.